The van der Waals surface area contributed by atoms with E-state index >= 15 is 0 Å². The second kappa shape index (κ2) is 3.81. The molecule has 70 valence electrons. The number of thioether (sulfide) groups is 2. The third kappa shape index (κ3) is 1.51. The zero-order valence-electron chi connectivity index (χ0n) is 7.29. The van der Waals surface area contributed by atoms with Crippen LogP contribution in [0.25, 0.3) is 0 Å². The van der Waals surface area contributed by atoms with Gasteiger partial charge in [0.1, 0.15) is 0 Å². The summed E-state index contributed by atoms with van der Waals surface area (Å²) in [6.07, 6.45) is 5.25. The van der Waals surface area contributed by atoms with Crippen molar-refractivity contribution < 1.29 is 5.11 Å². The van der Waals surface area contributed by atoms with E-state index in [1.165, 1.54) is 37.2 Å². The van der Waals surface area contributed by atoms with E-state index in [2.05, 4.69) is 23.5 Å². The third-order valence-electron chi connectivity index (χ3n) is 2.90. The van der Waals surface area contributed by atoms with Crippen LogP contribution in [0.4, 0.5) is 0 Å². The number of aliphatic hydroxyl groups is 1. The number of hydrogen-bond acceptors (Lipinski definition) is 3. The molecule has 2 fully saturated rings. The Labute approximate surface area is 82.7 Å². The van der Waals surface area contributed by atoms with Gasteiger partial charge < -0.3 is 5.11 Å². The monoisotopic (exact) mass is 204 g/mol. The average molecular weight is 204 g/mol. The number of aliphatic hydroxyl groups excluding tert-OH is 1. The van der Waals surface area contributed by atoms with Gasteiger partial charge in [-0.05, 0) is 30.8 Å². The van der Waals surface area contributed by atoms with E-state index in [-0.39, 0.29) is 0 Å². The quantitative estimate of drug-likeness (QED) is 0.708. The highest BCUT2D eigenvalue weighted by Crippen LogP contribution is 2.55. The van der Waals surface area contributed by atoms with E-state index < -0.39 is 0 Å². The number of rotatable bonds is 1. The first-order valence-corrected chi connectivity index (χ1v) is 6.73. The highest BCUT2D eigenvalue weighted by Gasteiger charge is 2.44. The van der Waals surface area contributed by atoms with Crippen LogP contribution in [0.3, 0.4) is 0 Å². The Morgan fingerprint density at radius 2 is 2.00 bits per heavy atom. The minimum absolute atomic E-state index is 0.403. The zero-order valence-corrected chi connectivity index (χ0v) is 8.92. The highest BCUT2D eigenvalue weighted by molar-refractivity contribution is 8.18. The molecule has 2 aliphatic rings. The molecule has 0 amide bonds. The fourth-order valence-electron chi connectivity index (χ4n) is 2.22. The molecule has 1 unspecified atom stereocenters. The Hall–Kier alpha value is 0.660. The number of hydrogen-bond donors (Lipinski definition) is 1. The molecule has 0 aromatic carbocycles. The summed E-state index contributed by atoms with van der Waals surface area (Å²) < 4.78 is 0.424. The van der Waals surface area contributed by atoms with Gasteiger partial charge in [-0.1, -0.05) is 6.42 Å². The van der Waals surface area contributed by atoms with E-state index in [0.29, 0.717) is 16.6 Å². The lowest BCUT2D eigenvalue weighted by atomic mass is 10.1. The van der Waals surface area contributed by atoms with Gasteiger partial charge in [0.25, 0.3) is 0 Å². The van der Waals surface area contributed by atoms with Gasteiger partial charge in [0.05, 0.1) is 4.08 Å². The van der Waals surface area contributed by atoms with Gasteiger partial charge in [-0.3, -0.25) is 0 Å². The molecule has 2 rings (SSSR count). The van der Waals surface area contributed by atoms with E-state index in [1.807, 2.05) is 0 Å². The Morgan fingerprint density at radius 1 is 1.25 bits per heavy atom. The Balaban J connectivity index is 2.05. The topological polar surface area (TPSA) is 20.2 Å². The second-order valence-electron chi connectivity index (χ2n) is 3.63. The summed E-state index contributed by atoms with van der Waals surface area (Å²) in [4.78, 5) is 0. The minimum Gasteiger partial charge on any atom is -0.396 e. The van der Waals surface area contributed by atoms with Gasteiger partial charge in [-0.25, -0.2) is 0 Å². The van der Waals surface area contributed by atoms with Gasteiger partial charge >= 0.3 is 0 Å². The first-order chi connectivity index (χ1) is 5.87. The lowest BCUT2D eigenvalue weighted by Crippen LogP contribution is -2.31. The molecule has 0 radical (unpaired) electrons. The van der Waals surface area contributed by atoms with Crippen LogP contribution in [0.15, 0.2) is 0 Å². The summed E-state index contributed by atoms with van der Waals surface area (Å²) in [5, 5.41) is 9.26. The summed E-state index contributed by atoms with van der Waals surface area (Å²) in [5.74, 6) is 3.19. The van der Waals surface area contributed by atoms with Crippen molar-refractivity contribution in [2.24, 2.45) is 5.92 Å². The predicted molar refractivity (Wildman–Crippen MR) is 56.7 cm³/mol. The van der Waals surface area contributed by atoms with Crippen molar-refractivity contribution in [3.63, 3.8) is 0 Å². The smallest absolute Gasteiger partial charge is 0.0660 e. The second-order valence-corrected chi connectivity index (χ2v) is 6.74. The lowest BCUT2D eigenvalue weighted by molar-refractivity contribution is 0.227. The van der Waals surface area contributed by atoms with E-state index in [4.69, 9.17) is 0 Å². The fraction of sp³-hybridized carbons (Fsp3) is 1.00. The average Bonchev–Trinajstić information content (AvgIpc) is 2.49. The minimum atomic E-state index is 0.403. The molecule has 1 heterocycles. The molecule has 1 spiro atoms. The van der Waals surface area contributed by atoms with Crippen LogP contribution in [0.2, 0.25) is 0 Å². The Kier molecular flexibility index (Phi) is 2.93. The van der Waals surface area contributed by atoms with Crippen molar-refractivity contribution in [2.45, 2.75) is 29.8 Å². The molecule has 1 aliphatic carbocycles. The zero-order chi connectivity index (χ0) is 8.44. The molecule has 1 saturated heterocycles. The maximum Gasteiger partial charge on any atom is 0.0660 e. The molecule has 0 aromatic heterocycles. The summed E-state index contributed by atoms with van der Waals surface area (Å²) >= 11 is 4.22. The largest absolute Gasteiger partial charge is 0.396 e. The van der Waals surface area contributed by atoms with E-state index in [9.17, 15) is 5.11 Å². The van der Waals surface area contributed by atoms with Crippen LogP contribution in [-0.4, -0.2) is 27.3 Å². The van der Waals surface area contributed by atoms with Crippen LogP contribution in [0, 0.1) is 5.92 Å². The summed E-state index contributed by atoms with van der Waals surface area (Å²) in [6, 6.07) is 0. The van der Waals surface area contributed by atoms with Crippen molar-refractivity contribution >= 4 is 23.5 Å². The molecule has 1 N–H and O–H groups in total. The van der Waals surface area contributed by atoms with Crippen LogP contribution < -0.4 is 0 Å². The highest BCUT2D eigenvalue weighted by atomic mass is 32.2. The molecule has 3 heteroatoms. The van der Waals surface area contributed by atoms with Crippen LogP contribution in [-0.2, 0) is 0 Å². The van der Waals surface area contributed by atoms with E-state index in [1.54, 1.807) is 0 Å². The molecule has 1 aliphatic heterocycles. The van der Waals surface area contributed by atoms with Crippen molar-refractivity contribution in [3.8, 4) is 0 Å². The van der Waals surface area contributed by atoms with Gasteiger partial charge in [0.2, 0.25) is 0 Å². The molecule has 1 atom stereocenters. The normalized spacial score (nSPS) is 34.2. The third-order valence-corrected chi connectivity index (χ3v) is 6.65. The van der Waals surface area contributed by atoms with Crippen LogP contribution in [0.1, 0.15) is 25.7 Å². The van der Waals surface area contributed by atoms with Crippen molar-refractivity contribution in [1.29, 1.82) is 0 Å². The van der Waals surface area contributed by atoms with Gasteiger partial charge in [-0.15, -0.1) is 23.5 Å². The standard InChI is InChI=1S/C9H16OS2/c10-7-8-3-1-4-9(8)11-5-2-6-12-9/h8,10H,1-7H2. The molecular formula is C9H16OS2. The molecule has 1 saturated carbocycles. The van der Waals surface area contributed by atoms with Crippen LogP contribution in [0.5, 0.6) is 0 Å². The Bertz CT molecular complexity index is 155. The van der Waals surface area contributed by atoms with Gasteiger partial charge in [-0.2, -0.15) is 0 Å². The Morgan fingerprint density at radius 3 is 2.67 bits per heavy atom. The fourth-order valence-corrected chi connectivity index (χ4v) is 5.94. The first kappa shape index (κ1) is 9.22. The van der Waals surface area contributed by atoms with E-state index in [0.717, 1.165) is 0 Å². The van der Waals surface area contributed by atoms with Crippen molar-refractivity contribution in [2.75, 3.05) is 18.1 Å². The van der Waals surface area contributed by atoms with Crippen molar-refractivity contribution in [3.05, 3.63) is 0 Å². The molecule has 0 bridgehead atoms. The van der Waals surface area contributed by atoms with Gasteiger partial charge in [0, 0.05) is 12.5 Å². The predicted octanol–water partition coefficient (Wildman–Crippen LogP) is 2.35. The lowest BCUT2D eigenvalue weighted by Gasteiger charge is -2.36. The molecular weight excluding hydrogens is 188 g/mol. The van der Waals surface area contributed by atoms with Crippen LogP contribution >= 0.6 is 23.5 Å². The summed E-state index contributed by atoms with van der Waals surface area (Å²) in [5.41, 5.74) is 0. The van der Waals surface area contributed by atoms with Crippen molar-refractivity contribution in [1.82, 2.24) is 0 Å². The molecule has 0 aromatic rings. The maximum atomic E-state index is 9.26. The summed E-state index contributed by atoms with van der Waals surface area (Å²) in [6.45, 7) is 0.403. The first-order valence-electron chi connectivity index (χ1n) is 4.76. The maximum absolute atomic E-state index is 9.26. The van der Waals surface area contributed by atoms with Gasteiger partial charge in [0.15, 0.2) is 0 Å². The SMILES string of the molecule is OCC1CCCC12SCCCS2. The molecule has 12 heavy (non-hydrogen) atoms. The summed E-state index contributed by atoms with van der Waals surface area (Å²) in [7, 11) is 0. The molecule has 1 nitrogen and oxygen atoms in total.